The summed E-state index contributed by atoms with van der Waals surface area (Å²) in [7, 11) is 0. The first-order valence-corrected chi connectivity index (χ1v) is 21.4. The van der Waals surface area contributed by atoms with Gasteiger partial charge in [-0.15, -0.1) is 0 Å². The summed E-state index contributed by atoms with van der Waals surface area (Å²) in [6.07, 6.45) is 10.5. The van der Waals surface area contributed by atoms with Gasteiger partial charge in [0.2, 0.25) is 0 Å². The Bertz CT molecular complexity index is 3610. The van der Waals surface area contributed by atoms with Crippen LogP contribution in [0.1, 0.15) is 24.1 Å². The van der Waals surface area contributed by atoms with Crippen LogP contribution in [-0.4, -0.2) is 15.0 Å². The monoisotopic (exact) mass is 789 g/mol. The average Bonchev–Trinajstić information content (AvgIpc) is 3.35. The number of hydrogen-bond donors (Lipinski definition) is 0. The highest BCUT2D eigenvalue weighted by molar-refractivity contribution is 6.14. The third kappa shape index (κ3) is 6.26. The molecule has 62 heavy (non-hydrogen) atoms. The van der Waals surface area contributed by atoms with Gasteiger partial charge in [-0.1, -0.05) is 176 Å². The van der Waals surface area contributed by atoms with Crippen LogP contribution in [0.15, 0.2) is 213 Å². The fourth-order valence-electron chi connectivity index (χ4n) is 9.54. The molecule has 0 saturated heterocycles. The minimum Gasteiger partial charge on any atom is -0.263 e. The van der Waals surface area contributed by atoms with E-state index in [1.54, 1.807) is 0 Å². The van der Waals surface area contributed by atoms with Crippen LogP contribution in [0.4, 0.5) is 0 Å². The molecule has 3 heteroatoms. The van der Waals surface area contributed by atoms with Crippen LogP contribution in [-0.2, 0) is 0 Å². The molecule has 0 amide bonds. The van der Waals surface area contributed by atoms with E-state index >= 15 is 0 Å². The third-order valence-corrected chi connectivity index (χ3v) is 12.6. The van der Waals surface area contributed by atoms with Gasteiger partial charge in [0.15, 0.2) is 5.82 Å². The number of fused-ring (bicyclic) bond motifs is 7. The molecule has 0 saturated carbocycles. The number of aromatic nitrogens is 3. The predicted octanol–water partition coefficient (Wildman–Crippen LogP) is 15.6. The van der Waals surface area contributed by atoms with Gasteiger partial charge in [0.25, 0.3) is 0 Å². The molecule has 0 spiro atoms. The van der Waals surface area contributed by atoms with Gasteiger partial charge >= 0.3 is 0 Å². The first kappa shape index (κ1) is 35.9. The lowest BCUT2D eigenvalue weighted by Crippen LogP contribution is -2.00. The zero-order valence-electron chi connectivity index (χ0n) is 34.0. The van der Waals surface area contributed by atoms with Gasteiger partial charge in [-0.3, -0.25) is 4.98 Å². The summed E-state index contributed by atoms with van der Waals surface area (Å²) < 4.78 is 0. The van der Waals surface area contributed by atoms with Crippen molar-refractivity contribution in [2.45, 2.75) is 12.8 Å². The summed E-state index contributed by atoms with van der Waals surface area (Å²) in [5.41, 5.74) is 12.2. The van der Waals surface area contributed by atoms with E-state index in [9.17, 15) is 0 Å². The Balaban J connectivity index is 0.978. The van der Waals surface area contributed by atoms with Crippen LogP contribution in [0.3, 0.4) is 0 Å². The Morgan fingerprint density at radius 3 is 1.53 bits per heavy atom. The van der Waals surface area contributed by atoms with Gasteiger partial charge in [0.05, 0.1) is 11.4 Å². The number of pyridine rings is 1. The smallest absolute Gasteiger partial charge is 0.160 e. The Morgan fingerprint density at radius 1 is 0.355 bits per heavy atom. The van der Waals surface area contributed by atoms with Gasteiger partial charge in [0, 0.05) is 34.5 Å². The summed E-state index contributed by atoms with van der Waals surface area (Å²) in [6, 6.07) is 67.7. The second kappa shape index (κ2) is 14.9. The molecule has 0 aliphatic heterocycles. The van der Waals surface area contributed by atoms with Crippen LogP contribution < -0.4 is 0 Å². The molecule has 0 radical (unpaired) electrons. The average molecular weight is 790 g/mol. The van der Waals surface area contributed by atoms with E-state index in [-0.39, 0.29) is 0 Å². The number of allylic oxidation sites excluding steroid dienone is 4. The Labute approximate surface area is 360 Å². The molecule has 0 N–H and O–H groups in total. The number of nitrogens with zero attached hydrogens (tertiary/aromatic N) is 3. The first-order chi connectivity index (χ1) is 30.7. The third-order valence-electron chi connectivity index (χ3n) is 12.6. The zero-order valence-corrected chi connectivity index (χ0v) is 34.0. The predicted molar refractivity (Wildman–Crippen MR) is 261 cm³/mol. The summed E-state index contributed by atoms with van der Waals surface area (Å²) in [6.45, 7) is 0. The maximum absolute atomic E-state index is 5.35. The van der Waals surface area contributed by atoms with Crippen molar-refractivity contribution in [1.82, 2.24) is 15.0 Å². The summed E-state index contributed by atoms with van der Waals surface area (Å²) in [5, 5.41) is 12.4. The van der Waals surface area contributed by atoms with Gasteiger partial charge in [0.1, 0.15) is 0 Å². The van der Waals surface area contributed by atoms with Crippen LogP contribution >= 0.6 is 0 Å². The van der Waals surface area contributed by atoms with E-state index in [4.69, 9.17) is 9.97 Å². The molecule has 11 aromatic rings. The molecule has 1 aliphatic carbocycles. The van der Waals surface area contributed by atoms with Crippen molar-refractivity contribution in [3.8, 4) is 44.9 Å². The number of benzene rings is 9. The van der Waals surface area contributed by atoms with Crippen molar-refractivity contribution < 1.29 is 0 Å². The Kier molecular flexibility index (Phi) is 8.64. The maximum atomic E-state index is 5.35. The molecule has 0 bridgehead atoms. The molecule has 3 nitrogen and oxygen atoms in total. The van der Waals surface area contributed by atoms with E-state index in [1.165, 1.54) is 65.2 Å². The Hall–Kier alpha value is -8.01. The maximum Gasteiger partial charge on any atom is 0.160 e. The molecule has 0 unspecified atom stereocenters. The van der Waals surface area contributed by atoms with Gasteiger partial charge in [-0.2, -0.15) is 0 Å². The van der Waals surface area contributed by atoms with Crippen molar-refractivity contribution in [3.63, 3.8) is 0 Å². The summed E-state index contributed by atoms with van der Waals surface area (Å²) in [5.74, 6) is 0.701. The van der Waals surface area contributed by atoms with Crippen LogP contribution in [0.5, 0.6) is 0 Å². The molecule has 0 fully saturated rings. The van der Waals surface area contributed by atoms with Crippen LogP contribution in [0, 0.1) is 0 Å². The second-order valence-electron chi connectivity index (χ2n) is 16.3. The molecule has 290 valence electrons. The Morgan fingerprint density at radius 2 is 0.855 bits per heavy atom. The van der Waals surface area contributed by atoms with E-state index in [1.807, 2.05) is 12.4 Å². The van der Waals surface area contributed by atoms with Crippen molar-refractivity contribution >= 4 is 65.0 Å². The normalized spacial score (nSPS) is 12.9. The highest BCUT2D eigenvalue weighted by atomic mass is 14.9. The van der Waals surface area contributed by atoms with Crippen molar-refractivity contribution in [1.29, 1.82) is 0 Å². The van der Waals surface area contributed by atoms with Crippen LogP contribution in [0.25, 0.3) is 110 Å². The van der Waals surface area contributed by atoms with Crippen molar-refractivity contribution in [3.05, 3.63) is 224 Å². The molecule has 1 aliphatic rings. The van der Waals surface area contributed by atoms with E-state index < -0.39 is 0 Å². The van der Waals surface area contributed by atoms with Crippen LogP contribution in [0.2, 0.25) is 0 Å². The number of rotatable bonds is 6. The highest BCUT2D eigenvalue weighted by Gasteiger charge is 2.18. The topological polar surface area (TPSA) is 38.7 Å². The molecule has 0 atom stereocenters. The molecular formula is C59H39N3. The zero-order chi connectivity index (χ0) is 41.0. The first-order valence-electron chi connectivity index (χ1n) is 21.4. The fraction of sp³-hybridized carbons (Fsp3) is 0.0339. The minimum atomic E-state index is 0.701. The summed E-state index contributed by atoms with van der Waals surface area (Å²) >= 11 is 0. The molecule has 2 heterocycles. The number of hydrogen-bond acceptors (Lipinski definition) is 3. The lowest BCUT2D eigenvalue weighted by Gasteiger charge is -2.18. The second-order valence-corrected chi connectivity index (χ2v) is 16.3. The molecular weight excluding hydrogens is 751 g/mol. The lowest BCUT2D eigenvalue weighted by molar-refractivity contribution is 1.05. The quantitative estimate of drug-likeness (QED) is 0.158. The minimum absolute atomic E-state index is 0.701. The molecule has 9 aromatic carbocycles. The van der Waals surface area contributed by atoms with E-state index in [0.717, 1.165) is 63.0 Å². The van der Waals surface area contributed by atoms with Crippen molar-refractivity contribution in [2.75, 3.05) is 0 Å². The summed E-state index contributed by atoms with van der Waals surface area (Å²) in [4.78, 5) is 15.2. The molecule has 2 aromatic heterocycles. The van der Waals surface area contributed by atoms with Gasteiger partial charge in [-0.05, 0) is 119 Å². The fourth-order valence-corrected chi connectivity index (χ4v) is 9.54. The highest BCUT2D eigenvalue weighted by Crippen LogP contribution is 2.40. The largest absolute Gasteiger partial charge is 0.263 e. The SMILES string of the molecule is C1=C(c2cc(-c3ccc(-c4cncc5ccccc45)cc3)nc(-c3ccc(-c4cc5ccccc5c5ccccc45)cc3)n2)C=C(c2cc3ccccc3c3ccccc23)CC1. The van der Waals surface area contributed by atoms with Crippen molar-refractivity contribution in [2.24, 2.45) is 0 Å². The van der Waals surface area contributed by atoms with E-state index in [2.05, 4.69) is 205 Å². The van der Waals surface area contributed by atoms with Gasteiger partial charge in [-0.25, -0.2) is 9.97 Å². The van der Waals surface area contributed by atoms with E-state index in [0.29, 0.717) is 5.82 Å². The standard InChI is InChI=1S/C59H39N3/c1-4-17-47-43(12-1)33-54(52-22-9-7-20-50(47)52)38-26-30-41(31-27-38)59-61-57(40-28-24-39(25-29-40)56-37-60-36-46-14-3-6-19-49(46)56)35-58(62-59)45-16-11-15-42(32-45)55-34-44-13-2-5-18-48(44)51-21-8-10-23-53(51)55/h1-10,12-14,16-37H,11,15H2. The lowest BCUT2D eigenvalue weighted by atomic mass is 9.87. The molecule has 12 rings (SSSR count). The van der Waals surface area contributed by atoms with Gasteiger partial charge < -0.3 is 0 Å².